The minimum Gasteiger partial charge on any atom is -0.481 e. The fourth-order valence-corrected chi connectivity index (χ4v) is 4.39. The molecule has 0 bridgehead atoms. The molecule has 1 aromatic carbocycles. The molecule has 0 saturated carbocycles. The molecule has 2 unspecified atom stereocenters. The summed E-state index contributed by atoms with van der Waals surface area (Å²) in [5.74, 6) is 1.43. The summed E-state index contributed by atoms with van der Waals surface area (Å²) in [5, 5.41) is 9.52. The first-order valence-corrected chi connectivity index (χ1v) is 10.7. The molecule has 1 N–H and O–H groups in total. The van der Waals surface area contributed by atoms with Crippen LogP contribution in [0.4, 0.5) is 0 Å². The minimum atomic E-state index is -0.707. The normalized spacial score (nSPS) is 13.6. The summed E-state index contributed by atoms with van der Waals surface area (Å²) in [7, 11) is 0. The van der Waals surface area contributed by atoms with Gasteiger partial charge in [0.25, 0.3) is 0 Å². The lowest BCUT2D eigenvalue weighted by molar-refractivity contribution is -0.138. The Balaban J connectivity index is 2.44. The van der Waals surface area contributed by atoms with Gasteiger partial charge in [0.2, 0.25) is 0 Å². The second-order valence-corrected chi connectivity index (χ2v) is 7.77. The van der Waals surface area contributed by atoms with Crippen LogP contribution in [0.15, 0.2) is 30.3 Å². The fourth-order valence-electron chi connectivity index (χ4n) is 3.01. The van der Waals surface area contributed by atoms with Crippen LogP contribution in [0.2, 0.25) is 0 Å². The van der Waals surface area contributed by atoms with E-state index in [0.717, 1.165) is 17.2 Å². The summed E-state index contributed by atoms with van der Waals surface area (Å²) in [6, 6.07) is 9.64. The van der Waals surface area contributed by atoms with Crippen molar-refractivity contribution in [1.29, 1.82) is 0 Å². The topological polar surface area (TPSA) is 37.3 Å². The van der Waals surface area contributed by atoms with Crippen molar-refractivity contribution in [2.45, 2.75) is 71.1 Å². The summed E-state index contributed by atoms with van der Waals surface area (Å²) in [6.45, 7) is 4.50. The quantitative estimate of drug-likeness (QED) is 0.396. The van der Waals surface area contributed by atoms with E-state index in [9.17, 15) is 9.90 Å². The summed E-state index contributed by atoms with van der Waals surface area (Å²) in [6.07, 6.45) is 10.4. The predicted octanol–water partition coefficient (Wildman–Crippen LogP) is 6.36. The van der Waals surface area contributed by atoms with Crippen LogP contribution in [0.5, 0.6) is 0 Å². The van der Waals surface area contributed by atoms with E-state index < -0.39 is 5.97 Å². The van der Waals surface area contributed by atoms with Gasteiger partial charge in [-0.1, -0.05) is 82.7 Å². The molecule has 1 rings (SSSR count). The number of hydrogen-bond donors (Lipinski definition) is 1. The summed E-state index contributed by atoms with van der Waals surface area (Å²) >= 11 is 1.83. The first-order chi connectivity index (χ1) is 11.7. The van der Waals surface area contributed by atoms with Crippen molar-refractivity contribution in [1.82, 2.24) is 0 Å². The molecule has 24 heavy (non-hydrogen) atoms. The highest BCUT2D eigenvalue weighted by Gasteiger charge is 2.20. The van der Waals surface area contributed by atoms with E-state index in [1.807, 2.05) is 42.1 Å². The van der Waals surface area contributed by atoms with E-state index in [4.69, 9.17) is 0 Å². The molecule has 3 heteroatoms. The lowest BCUT2D eigenvalue weighted by Crippen LogP contribution is -2.15. The first-order valence-electron chi connectivity index (χ1n) is 9.54. The van der Waals surface area contributed by atoms with Crippen molar-refractivity contribution in [3.63, 3.8) is 0 Å². The Morgan fingerprint density at radius 2 is 1.62 bits per heavy atom. The number of benzene rings is 1. The van der Waals surface area contributed by atoms with Crippen molar-refractivity contribution in [3.8, 4) is 0 Å². The largest absolute Gasteiger partial charge is 0.481 e. The van der Waals surface area contributed by atoms with Crippen molar-refractivity contribution >= 4 is 17.7 Å². The highest BCUT2D eigenvalue weighted by Crippen LogP contribution is 2.26. The second-order valence-electron chi connectivity index (χ2n) is 6.70. The van der Waals surface area contributed by atoms with Crippen molar-refractivity contribution in [3.05, 3.63) is 35.9 Å². The van der Waals surface area contributed by atoms with Crippen LogP contribution < -0.4 is 0 Å². The smallest absolute Gasteiger partial charge is 0.311 e. The van der Waals surface area contributed by atoms with Gasteiger partial charge in [0.15, 0.2) is 0 Å². The van der Waals surface area contributed by atoms with E-state index in [2.05, 4.69) is 13.8 Å². The SMILES string of the molecule is CCCCCCC(CCCC)CSCC(C(=O)O)c1ccccc1. The van der Waals surface area contributed by atoms with E-state index in [1.54, 1.807) is 0 Å². The third-order valence-corrected chi connectivity index (χ3v) is 5.85. The average Bonchev–Trinajstić information content (AvgIpc) is 2.59. The molecule has 1 aromatic rings. The van der Waals surface area contributed by atoms with Crippen LogP contribution in [0.25, 0.3) is 0 Å². The van der Waals surface area contributed by atoms with E-state index in [-0.39, 0.29) is 5.92 Å². The molecular formula is C21H34O2S. The van der Waals surface area contributed by atoms with Gasteiger partial charge in [0, 0.05) is 5.75 Å². The van der Waals surface area contributed by atoms with Gasteiger partial charge in [-0.05, 0) is 30.1 Å². The van der Waals surface area contributed by atoms with Crippen LogP contribution >= 0.6 is 11.8 Å². The van der Waals surface area contributed by atoms with Crippen LogP contribution in [-0.2, 0) is 4.79 Å². The molecule has 0 fully saturated rings. The summed E-state index contributed by atoms with van der Waals surface area (Å²) in [5.41, 5.74) is 0.922. The van der Waals surface area contributed by atoms with E-state index in [0.29, 0.717) is 5.75 Å². The maximum Gasteiger partial charge on any atom is 0.311 e. The Kier molecular flexibility index (Phi) is 11.7. The number of carbonyl (C=O) groups is 1. The molecule has 0 radical (unpaired) electrons. The number of carboxylic acids is 1. The fraction of sp³-hybridized carbons (Fsp3) is 0.667. The molecule has 136 valence electrons. The van der Waals surface area contributed by atoms with Gasteiger partial charge in [-0.25, -0.2) is 0 Å². The third-order valence-electron chi connectivity index (χ3n) is 4.57. The zero-order valence-corrected chi connectivity index (χ0v) is 16.2. The molecule has 0 heterocycles. The number of aliphatic carboxylic acids is 1. The zero-order valence-electron chi connectivity index (χ0n) is 15.4. The lowest BCUT2D eigenvalue weighted by atomic mass is 9.97. The van der Waals surface area contributed by atoms with Gasteiger partial charge < -0.3 is 5.11 Å². The van der Waals surface area contributed by atoms with Gasteiger partial charge in [-0.3, -0.25) is 4.79 Å². The molecule has 2 atom stereocenters. The van der Waals surface area contributed by atoms with Crippen molar-refractivity contribution in [2.75, 3.05) is 11.5 Å². The standard InChI is InChI=1S/C21H34O2S/c1-3-5-7-9-13-18(12-6-4-2)16-24-17-20(21(22)23)19-14-10-8-11-15-19/h8,10-11,14-15,18,20H,3-7,9,12-13,16-17H2,1-2H3,(H,22,23). The monoisotopic (exact) mass is 350 g/mol. The number of unbranched alkanes of at least 4 members (excludes halogenated alkanes) is 4. The molecular weight excluding hydrogens is 316 g/mol. The van der Waals surface area contributed by atoms with Crippen LogP contribution in [0, 0.1) is 5.92 Å². The van der Waals surface area contributed by atoms with Gasteiger partial charge in [-0.15, -0.1) is 0 Å². The van der Waals surface area contributed by atoms with Gasteiger partial charge in [0.05, 0.1) is 5.92 Å². The lowest BCUT2D eigenvalue weighted by Gasteiger charge is -2.18. The molecule has 0 spiro atoms. The maximum absolute atomic E-state index is 11.6. The van der Waals surface area contributed by atoms with Gasteiger partial charge >= 0.3 is 5.97 Å². The van der Waals surface area contributed by atoms with E-state index >= 15 is 0 Å². The van der Waals surface area contributed by atoms with Crippen molar-refractivity contribution < 1.29 is 9.90 Å². The highest BCUT2D eigenvalue weighted by molar-refractivity contribution is 7.99. The van der Waals surface area contributed by atoms with Crippen LogP contribution in [0.1, 0.15) is 76.7 Å². The molecule has 0 aromatic heterocycles. The van der Waals surface area contributed by atoms with Gasteiger partial charge in [-0.2, -0.15) is 11.8 Å². The van der Waals surface area contributed by atoms with Crippen LogP contribution in [-0.4, -0.2) is 22.6 Å². The Morgan fingerprint density at radius 3 is 2.25 bits per heavy atom. The molecule has 0 aliphatic carbocycles. The van der Waals surface area contributed by atoms with E-state index in [1.165, 1.54) is 51.4 Å². The minimum absolute atomic E-state index is 0.386. The summed E-state index contributed by atoms with van der Waals surface area (Å²) in [4.78, 5) is 11.6. The first kappa shape index (κ1) is 21.1. The second kappa shape index (κ2) is 13.3. The molecule has 2 nitrogen and oxygen atoms in total. The number of hydrogen-bond acceptors (Lipinski definition) is 2. The molecule has 0 aliphatic rings. The van der Waals surface area contributed by atoms with Crippen LogP contribution in [0.3, 0.4) is 0 Å². The third kappa shape index (κ3) is 8.77. The average molecular weight is 351 g/mol. The molecule has 0 saturated heterocycles. The number of rotatable bonds is 14. The Morgan fingerprint density at radius 1 is 0.958 bits per heavy atom. The number of carboxylic acid groups (broad SMARTS) is 1. The Bertz CT molecular complexity index is 433. The molecule has 0 aliphatic heterocycles. The summed E-state index contributed by atoms with van der Waals surface area (Å²) < 4.78 is 0. The molecule has 0 amide bonds. The Labute approximate surface area is 152 Å². The zero-order chi connectivity index (χ0) is 17.6. The number of thioether (sulfide) groups is 1. The van der Waals surface area contributed by atoms with Gasteiger partial charge in [0.1, 0.15) is 0 Å². The Hall–Kier alpha value is -0.960. The predicted molar refractivity (Wildman–Crippen MR) is 106 cm³/mol. The highest BCUT2D eigenvalue weighted by atomic mass is 32.2. The van der Waals surface area contributed by atoms with Crippen molar-refractivity contribution in [2.24, 2.45) is 5.92 Å². The maximum atomic E-state index is 11.6.